The minimum Gasteiger partial charge on any atom is -0.414 e. The van der Waals surface area contributed by atoms with Gasteiger partial charge in [-0.1, -0.05) is 60.7 Å². The highest BCUT2D eigenvalue weighted by Gasteiger charge is 2.42. The fourth-order valence-electron chi connectivity index (χ4n) is 4.71. The zero-order valence-electron chi connectivity index (χ0n) is 20.5. The molecule has 0 aromatic heterocycles. The normalized spacial score (nSPS) is 18.1. The average molecular weight is 450 g/mol. The number of nitrogens with zero attached hydrogens (tertiary/aromatic N) is 1. The molecular formula is C28H39N3O2. The van der Waals surface area contributed by atoms with Gasteiger partial charge in [-0.25, -0.2) is 4.79 Å². The van der Waals surface area contributed by atoms with Gasteiger partial charge in [-0.05, 0) is 83.4 Å². The highest BCUT2D eigenvalue weighted by molar-refractivity contribution is 5.69. The van der Waals surface area contributed by atoms with Gasteiger partial charge >= 0.3 is 6.09 Å². The third-order valence-electron chi connectivity index (χ3n) is 6.84. The predicted molar refractivity (Wildman–Crippen MR) is 135 cm³/mol. The Labute approximate surface area is 199 Å². The molecule has 0 aliphatic carbocycles. The van der Waals surface area contributed by atoms with E-state index in [0.717, 1.165) is 43.5 Å². The van der Waals surface area contributed by atoms with E-state index in [4.69, 9.17) is 4.74 Å². The largest absolute Gasteiger partial charge is 0.414 e. The molecule has 0 bridgehead atoms. The quantitative estimate of drug-likeness (QED) is 0.532. The lowest BCUT2D eigenvalue weighted by Gasteiger charge is -2.40. The molecule has 2 aromatic carbocycles. The summed E-state index contributed by atoms with van der Waals surface area (Å²) in [5.74, 6) is 1.11. The molecule has 1 amide bonds. The van der Waals surface area contributed by atoms with E-state index in [1.807, 2.05) is 25.1 Å². The number of hydrogen-bond donors (Lipinski definition) is 2. The second-order valence-corrected chi connectivity index (χ2v) is 9.29. The van der Waals surface area contributed by atoms with Gasteiger partial charge < -0.3 is 20.3 Å². The number of carbonyl (C=O) groups excluding carboxylic acids is 1. The lowest BCUT2D eigenvalue weighted by molar-refractivity contribution is 0.152. The van der Waals surface area contributed by atoms with E-state index in [9.17, 15) is 4.79 Å². The van der Waals surface area contributed by atoms with Crippen LogP contribution in [-0.2, 0) is 10.2 Å². The van der Waals surface area contributed by atoms with Gasteiger partial charge in [0, 0.05) is 12.6 Å². The smallest absolute Gasteiger partial charge is 0.412 e. The fraction of sp³-hybridized carbons (Fsp3) is 0.464. The van der Waals surface area contributed by atoms with Crippen molar-refractivity contribution >= 4 is 6.09 Å². The summed E-state index contributed by atoms with van der Waals surface area (Å²) in [6, 6.07) is 21.0. The first-order valence-corrected chi connectivity index (χ1v) is 12.1. The molecule has 3 rings (SSSR count). The number of benzene rings is 2. The number of piperidine rings is 1. The first-order valence-electron chi connectivity index (χ1n) is 12.1. The van der Waals surface area contributed by atoms with Gasteiger partial charge in [-0.2, -0.15) is 0 Å². The van der Waals surface area contributed by atoms with Crippen molar-refractivity contribution in [1.29, 1.82) is 0 Å². The maximum Gasteiger partial charge on any atom is 0.412 e. The number of alkyl carbamates (subject to hydrolysis) is 1. The van der Waals surface area contributed by atoms with Crippen LogP contribution in [-0.4, -0.2) is 50.8 Å². The van der Waals surface area contributed by atoms with Crippen LogP contribution in [0.2, 0.25) is 0 Å². The van der Waals surface area contributed by atoms with Crippen molar-refractivity contribution in [3.8, 4) is 0 Å². The summed E-state index contributed by atoms with van der Waals surface area (Å²) in [6.07, 6.45) is 4.61. The third-order valence-corrected chi connectivity index (χ3v) is 6.84. The first-order chi connectivity index (χ1) is 16.0. The molecule has 2 unspecified atom stereocenters. The van der Waals surface area contributed by atoms with Crippen molar-refractivity contribution in [2.24, 2.45) is 5.92 Å². The molecule has 1 aliphatic rings. The Morgan fingerprint density at radius 2 is 1.76 bits per heavy atom. The number of hydrogen-bond acceptors (Lipinski definition) is 4. The van der Waals surface area contributed by atoms with Gasteiger partial charge in [0.2, 0.25) is 0 Å². The maximum atomic E-state index is 13.0. The first kappa shape index (κ1) is 25.0. The molecule has 33 heavy (non-hydrogen) atoms. The van der Waals surface area contributed by atoms with E-state index in [1.165, 1.54) is 0 Å². The van der Waals surface area contributed by atoms with E-state index in [0.29, 0.717) is 18.2 Å². The molecule has 0 spiro atoms. The van der Waals surface area contributed by atoms with Gasteiger partial charge in [-0.15, -0.1) is 0 Å². The number of amides is 1. The van der Waals surface area contributed by atoms with Gasteiger partial charge in [0.05, 0.1) is 5.41 Å². The second kappa shape index (κ2) is 12.0. The fourth-order valence-corrected chi connectivity index (χ4v) is 4.71. The van der Waals surface area contributed by atoms with Crippen LogP contribution >= 0.6 is 0 Å². The number of allylic oxidation sites excluding steroid dienone is 2. The van der Waals surface area contributed by atoms with Crippen molar-refractivity contribution < 1.29 is 9.53 Å². The summed E-state index contributed by atoms with van der Waals surface area (Å²) < 4.78 is 6.12. The lowest BCUT2D eigenvalue weighted by atomic mass is 9.68. The molecule has 2 atom stereocenters. The Kier molecular flexibility index (Phi) is 9.10. The molecule has 1 heterocycles. The third kappa shape index (κ3) is 6.24. The summed E-state index contributed by atoms with van der Waals surface area (Å²) in [6.45, 7) is 6.79. The number of nitrogens with one attached hydrogen (secondary N) is 2. The summed E-state index contributed by atoms with van der Waals surface area (Å²) in [7, 11) is 4.18. The van der Waals surface area contributed by atoms with Crippen LogP contribution in [0.4, 0.5) is 4.79 Å². The molecule has 0 radical (unpaired) electrons. The van der Waals surface area contributed by atoms with Crippen molar-refractivity contribution in [3.05, 3.63) is 83.6 Å². The zero-order valence-corrected chi connectivity index (χ0v) is 20.5. The Balaban J connectivity index is 1.96. The highest BCUT2D eigenvalue weighted by atomic mass is 16.6. The highest BCUT2D eigenvalue weighted by Crippen LogP contribution is 2.44. The van der Waals surface area contributed by atoms with Crippen molar-refractivity contribution in [1.82, 2.24) is 15.5 Å². The zero-order chi connectivity index (χ0) is 23.7. The minimum atomic E-state index is -0.593. The van der Waals surface area contributed by atoms with E-state index in [1.54, 1.807) is 0 Å². The average Bonchev–Trinajstić information content (AvgIpc) is 2.86. The van der Waals surface area contributed by atoms with Gasteiger partial charge in [-0.3, -0.25) is 0 Å². The molecule has 1 fully saturated rings. The summed E-state index contributed by atoms with van der Waals surface area (Å²) in [5, 5.41) is 6.42. The Morgan fingerprint density at radius 3 is 2.24 bits per heavy atom. The molecule has 0 saturated carbocycles. The van der Waals surface area contributed by atoms with Crippen LogP contribution < -0.4 is 10.6 Å². The van der Waals surface area contributed by atoms with Crippen molar-refractivity contribution in [2.45, 2.75) is 44.6 Å². The van der Waals surface area contributed by atoms with Crippen LogP contribution in [0.1, 0.15) is 44.2 Å². The standard InChI is InChI=1S/C28H39N3O2/c1-5-26(33-27(32)30-21-23-13-12-18-29-20-23)28(19-22(2)31(3)4,24-14-8-6-9-15-24)25-16-10-7-11-17-25/h5-11,14-17,22-23,29H,12-13,18-21H2,1-4H3,(H,30,32)/b26-5-. The van der Waals surface area contributed by atoms with Crippen LogP contribution in [0.3, 0.4) is 0 Å². The van der Waals surface area contributed by atoms with Crippen molar-refractivity contribution in [3.63, 3.8) is 0 Å². The molecule has 2 N–H and O–H groups in total. The summed E-state index contributed by atoms with van der Waals surface area (Å²) in [5.41, 5.74) is 1.63. The SMILES string of the molecule is C/C=C(\OC(=O)NCC1CCCNC1)C(CC(C)N(C)C)(c1ccccc1)c1ccccc1. The number of rotatable bonds is 9. The van der Waals surface area contributed by atoms with Crippen molar-refractivity contribution in [2.75, 3.05) is 33.7 Å². The molecule has 1 saturated heterocycles. The number of ether oxygens (including phenoxy) is 1. The van der Waals surface area contributed by atoms with Gasteiger partial charge in [0.25, 0.3) is 0 Å². The van der Waals surface area contributed by atoms with E-state index in [2.05, 4.69) is 85.1 Å². The summed E-state index contributed by atoms with van der Waals surface area (Å²) >= 11 is 0. The Morgan fingerprint density at radius 1 is 1.15 bits per heavy atom. The monoisotopic (exact) mass is 449 g/mol. The van der Waals surface area contributed by atoms with E-state index < -0.39 is 5.41 Å². The van der Waals surface area contributed by atoms with Gasteiger partial charge in [0.1, 0.15) is 5.76 Å². The minimum absolute atomic E-state index is 0.250. The molecule has 1 aliphatic heterocycles. The van der Waals surface area contributed by atoms with Crippen LogP contribution in [0, 0.1) is 5.92 Å². The number of carbonyl (C=O) groups is 1. The molecule has 2 aromatic rings. The molecular weight excluding hydrogens is 410 g/mol. The lowest BCUT2D eigenvalue weighted by Crippen LogP contribution is -2.42. The van der Waals surface area contributed by atoms with E-state index >= 15 is 0 Å². The predicted octanol–water partition coefficient (Wildman–Crippen LogP) is 4.94. The second-order valence-electron chi connectivity index (χ2n) is 9.29. The van der Waals surface area contributed by atoms with E-state index in [-0.39, 0.29) is 12.1 Å². The summed E-state index contributed by atoms with van der Waals surface area (Å²) in [4.78, 5) is 15.2. The van der Waals surface area contributed by atoms with Crippen LogP contribution in [0.5, 0.6) is 0 Å². The van der Waals surface area contributed by atoms with Gasteiger partial charge in [0.15, 0.2) is 0 Å². The molecule has 5 nitrogen and oxygen atoms in total. The molecule has 5 heteroatoms. The topological polar surface area (TPSA) is 53.6 Å². The Hall–Kier alpha value is -2.63. The Bertz CT molecular complexity index is 850. The maximum absolute atomic E-state index is 13.0. The van der Waals surface area contributed by atoms with Crippen LogP contribution in [0.25, 0.3) is 0 Å². The van der Waals surface area contributed by atoms with Crippen LogP contribution in [0.15, 0.2) is 72.5 Å². The molecule has 178 valence electrons.